The molecule has 2 aromatic rings. The Kier molecular flexibility index (Phi) is 5.94. The molecular weight excluding hydrogens is 410 g/mol. The van der Waals surface area contributed by atoms with Gasteiger partial charge >= 0.3 is 6.09 Å². The normalized spacial score (nSPS) is 18.4. The topological polar surface area (TPSA) is 91.7 Å². The summed E-state index contributed by atoms with van der Waals surface area (Å²) in [7, 11) is 0. The van der Waals surface area contributed by atoms with Crippen molar-refractivity contribution in [2.45, 2.75) is 31.8 Å². The number of carbonyl (C=O) groups is 2. The highest BCUT2D eigenvalue weighted by Gasteiger charge is 2.30. The fraction of sp³-hybridized carbons (Fsp3) is 0.350. The molecule has 3 heterocycles. The van der Waals surface area contributed by atoms with Crippen LogP contribution < -0.4 is 5.32 Å². The van der Waals surface area contributed by atoms with Crippen molar-refractivity contribution in [1.82, 2.24) is 5.06 Å². The minimum Gasteiger partial charge on any atom is -0.444 e. The first-order valence-electron chi connectivity index (χ1n) is 9.32. The summed E-state index contributed by atoms with van der Waals surface area (Å²) in [6.45, 7) is 1.08. The lowest BCUT2D eigenvalue weighted by Gasteiger charge is -2.24. The molecular formula is C20H19N3O4S2. The average Bonchev–Trinajstić information content (AvgIpc) is 3.46. The molecule has 4 rings (SSSR count). The van der Waals surface area contributed by atoms with Gasteiger partial charge in [0.25, 0.3) is 0 Å². The van der Waals surface area contributed by atoms with Gasteiger partial charge in [-0.25, -0.2) is 4.79 Å². The van der Waals surface area contributed by atoms with E-state index < -0.39 is 6.09 Å². The van der Waals surface area contributed by atoms with Crippen LogP contribution in [-0.4, -0.2) is 36.3 Å². The standard InChI is InChI=1S/C20H19N3O4S2/c21-12-16-15-6-4-13(27-20(25)23-8-2-9-26-23)11-17(15)29-19(16)22-18(24)7-5-14-3-1-10-28-14/h1,3,5,7,10,13H,2,4,6,8-9,11H2,(H,22,24)/b7-5+. The minimum absolute atomic E-state index is 0.258. The van der Waals surface area contributed by atoms with Gasteiger partial charge in [0.05, 0.1) is 18.7 Å². The van der Waals surface area contributed by atoms with Crippen LogP contribution in [0, 0.1) is 11.3 Å². The highest BCUT2D eigenvalue weighted by Crippen LogP contribution is 2.38. The van der Waals surface area contributed by atoms with Crippen LogP contribution in [0.3, 0.4) is 0 Å². The Balaban J connectivity index is 1.42. The van der Waals surface area contributed by atoms with Gasteiger partial charge in [-0.1, -0.05) is 6.07 Å². The molecule has 1 aliphatic carbocycles. The van der Waals surface area contributed by atoms with E-state index in [4.69, 9.17) is 9.57 Å². The Labute approximate surface area is 176 Å². The van der Waals surface area contributed by atoms with Crippen molar-refractivity contribution in [3.8, 4) is 6.07 Å². The van der Waals surface area contributed by atoms with Gasteiger partial charge in [-0.05, 0) is 42.3 Å². The second kappa shape index (κ2) is 8.78. The van der Waals surface area contributed by atoms with Gasteiger partial charge in [0.2, 0.25) is 5.91 Å². The molecule has 150 valence electrons. The van der Waals surface area contributed by atoms with Crippen LogP contribution in [0.1, 0.15) is 33.7 Å². The number of hydrogen-bond acceptors (Lipinski definition) is 7. The number of rotatable bonds is 4. The Morgan fingerprint density at radius 2 is 2.34 bits per heavy atom. The first kappa shape index (κ1) is 19.6. The summed E-state index contributed by atoms with van der Waals surface area (Å²) in [6.07, 6.45) is 5.12. The molecule has 0 radical (unpaired) electrons. The van der Waals surface area contributed by atoms with Gasteiger partial charge in [-0.3, -0.25) is 9.63 Å². The van der Waals surface area contributed by atoms with Crippen molar-refractivity contribution in [3.05, 3.63) is 44.5 Å². The SMILES string of the molecule is N#Cc1c(NC(=O)/C=C/c2cccs2)sc2c1CCC(OC(=O)N1CCCO1)C2. The Morgan fingerprint density at radius 1 is 1.45 bits per heavy atom. The number of fused-ring (bicyclic) bond motifs is 1. The summed E-state index contributed by atoms with van der Waals surface area (Å²) in [5, 5.41) is 16.2. The average molecular weight is 430 g/mol. The summed E-state index contributed by atoms with van der Waals surface area (Å²) in [4.78, 5) is 31.6. The largest absolute Gasteiger partial charge is 0.444 e. The molecule has 7 nitrogen and oxygen atoms in total. The summed E-state index contributed by atoms with van der Waals surface area (Å²) in [5.74, 6) is -0.275. The van der Waals surface area contributed by atoms with E-state index in [1.807, 2.05) is 17.5 Å². The van der Waals surface area contributed by atoms with Crippen LogP contribution in [0.25, 0.3) is 6.08 Å². The first-order valence-corrected chi connectivity index (χ1v) is 11.0. The molecule has 2 aliphatic rings. The minimum atomic E-state index is -0.458. The van der Waals surface area contributed by atoms with Gasteiger partial charge in [-0.15, -0.1) is 22.7 Å². The maximum atomic E-state index is 12.3. The number of nitriles is 1. The van der Waals surface area contributed by atoms with Gasteiger partial charge in [0.15, 0.2) is 0 Å². The third kappa shape index (κ3) is 4.50. The molecule has 1 fully saturated rings. The summed E-state index contributed by atoms with van der Waals surface area (Å²) >= 11 is 2.92. The highest BCUT2D eigenvalue weighted by molar-refractivity contribution is 7.16. The van der Waals surface area contributed by atoms with Crippen LogP contribution in [0.15, 0.2) is 23.6 Å². The smallest absolute Gasteiger partial charge is 0.434 e. The zero-order valence-electron chi connectivity index (χ0n) is 15.6. The van der Waals surface area contributed by atoms with Crippen molar-refractivity contribution in [2.24, 2.45) is 0 Å². The molecule has 0 saturated carbocycles. The van der Waals surface area contributed by atoms with E-state index in [-0.39, 0.29) is 12.0 Å². The van der Waals surface area contributed by atoms with E-state index in [1.165, 1.54) is 22.5 Å². The Hall–Kier alpha value is -2.67. The molecule has 29 heavy (non-hydrogen) atoms. The van der Waals surface area contributed by atoms with E-state index >= 15 is 0 Å². The number of nitrogens with zero attached hydrogens (tertiary/aromatic N) is 2. The molecule has 1 unspecified atom stereocenters. The molecule has 0 bridgehead atoms. The Morgan fingerprint density at radius 3 is 3.07 bits per heavy atom. The number of hydroxylamine groups is 2. The lowest BCUT2D eigenvalue weighted by Crippen LogP contribution is -2.33. The second-order valence-corrected chi connectivity index (χ2v) is 8.78. The van der Waals surface area contributed by atoms with E-state index in [0.29, 0.717) is 43.0 Å². The number of nitrogens with one attached hydrogen (secondary N) is 1. The van der Waals surface area contributed by atoms with Crippen molar-refractivity contribution >= 4 is 45.8 Å². The lowest BCUT2D eigenvalue weighted by molar-refractivity contribution is -0.111. The van der Waals surface area contributed by atoms with E-state index in [2.05, 4.69) is 11.4 Å². The maximum absolute atomic E-state index is 12.3. The summed E-state index contributed by atoms with van der Waals surface area (Å²) in [6, 6.07) is 6.06. The molecule has 1 N–H and O–H groups in total. The first-order chi connectivity index (χ1) is 14.1. The van der Waals surface area contributed by atoms with Gasteiger partial charge in [0, 0.05) is 22.3 Å². The van der Waals surface area contributed by atoms with Crippen LogP contribution in [-0.2, 0) is 27.2 Å². The van der Waals surface area contributed by atoms with Crippen molar-refractivity contribution in [2.75, 3.05) is 18.5 Å². The van der Waals surface area contributed by atoms with Crippen LogP contribution in [0.2, 0.25) is 0 Å². The molecule has 1 aliphatic heterocycles. The fourth-order valence-electron chi connectivity index (χ4n) is 3.35. The zero-order valence-corrected chi connectivity index (χ0v) is 17.2. The van der Waals surface area contributed by atoms with E-state index in [0.717, 1.165) is 21.7 Å². The van der Waals surface area contributed by atoms with Crippen molar-refractivity contribution in [3.63, 3.8) is 0 Å². The maximum Gasteiger partial charge on any atom is 0.434 e. The quantitative estimate of drug-likeness (QED) is 0.743. The van der Waals surface area contributed by atoms with Crippen molar-refractivity contribution in [1.29, 1.82) is 5.26 Å². The van der Waals surface area contributed by atoms with Crippen molar-refractivity contribution < 1.29 is 19.2 Å². The third-order valence-electron chi connectivity index (χ3n) is 4.73. The second-order valence-electron chi connectivity index (χ2n) is 6.70. The zero-order chi connectivity index (χ0) is 20.2. The molecule has 0 aromatic carbocycles. The number of thiophene rings is 2. The predicted molar refractivity (Wildman–Crippen MR) is 111 cm³/mol. The number of ether oxygens (including phenoxy) is 1. The summed E-state index contributed by atoms with van der Waals surface area (Å²) in [5.41, 5.74) is 1.45. The number of hydrogen-bond donors (Lipinski definition) is 1. The van der Waals surface area contributed by atoms with Gasteiger partial charge < -0.3 is 10.1 Å². The lowest BCUT2D eigenvalue weighted by atomic mass is 9.94. The van der Waals surface area contributed by atoms with Gasteiger partial charge in [-0.2, -0.15) is 10.3 Å². The molecule has 2 aromatic heterocycles. The van der Waals surface area contributed by atoms with Gasteiger partial charge in [0.1, 0.15) is 17.2 Å². The van der Waals surface area contributed by atoms with Crippen LogP contribution >= 0.6 is 22.7 Å². The monoisotopic (exact) mass is 429 g/mol. The molecule has 1 saturated heterocycles. The molecule has 0 spiro atoms. The molecule has 9 heteroatoms. The third-order valence-corrected chi connectivity index (χ3v) is 6.74. The van der Waals surface area contributed by atoms with E-state index in [1.54, 1.807) is 17.4 Å². The van der Waals surface area contributed by atoms with E-state index in [9.17, 15) is 14.9 Å². The number of carbonyl (C=O) groups excluding carboxylic acids is 2. The van der Waals surface area contributed by atoms with Crippen LogP contribution in [0.4, 0.5) is 9.80 Å². The molecule has 1 atom stereocenters. The summed E-state index contributed by atoms with van der Waals surface area (Å²) < 4.78 is 5.56. The molecule has 2 amide bonds. The fourth-order valence-corrected chi connectivity index (χ4v) is 5.24. The highest BCUT2D eigenvalue weighted by atomic mass is 32.1. The Bertz CT molecular complexity index is 969. The van der Waals surface area contributed by atoms with Crippen LogP contribution in [0.5, 0.6) is 0 Å². The number of amides is 2. The number of anilines is 1. The predicted octanol–water partition coefficient (Wildman–Crippen LogP) is 3.96.